The second-order valence-electron chi connectivity index (χ2n) is 5.03. The van der Waals surface area contributed by atoms with Gasteiger partial charge in [-0.1, -0.05) is 67.6 Å². The highest BCUT2D eigenvalue weighted by molar-refractivity contribution is 5.78. The first-order chi connectivity index (χ1) is 10.3. The molecule has 1 amide bonds. The Labute approximate surface area is 126 Å². The van der Waals surface area contributed by atoms with Crippen LogP contribution in [0.1, 0.15) is 30.5 Å². The zero-order chi connectivity index (χ0) is 14.9. The van der Waals surface area contributed by atoms with Crippen molar-refractivity contribution in [3.8, 4) is 0 Å². The van der Waals surface area contributed by atoms with Gasteiger partial charge >= 0.3 is 0 Å². The normalized spacial score (nSPS) is 11.9. The Morgan fingerprint density at radius 1 is 1.00 bits per heavy atom. The van der Waals surface area contributed by atoms with E-state index in [0.717, 1.165) is 12.0 Å². The number of hydrogen-bond acceptors (Lipinski definition) is 2. The molecule has 0 aromatic heterocycles. The highest BCUT2D eigenvalue weighted by Crippen LogP contribution is 2.15. The Kier molecular flexibility index (Phi) is 5.98. The highest BCUT2D eigenvalue weighted by Gasteiger charge is 2.11. The third-order valence-electron chi connectivity index (χ3n) is 3.40. The second-order valence-corrected chi connectivity index (χ2v) is 5.03. The lowest BCUT2D eigenvalue weighted by atomic mass is 10.0. The number of hydrogen-bond donors (Lipinski definition) is 2. The molecule has 2 aromatic rings. The van der Waals surface area contributed by atoms with Gasteiger partial charge in [-0.25, -0.2) is 0 Å². The number of carbonyl (C=O) groups is 1. The highest BCUT2D eigenvalue weighted by atomic mass is 16.1. The van der Waals surface area contributed by atoms with Crippen LogP contribution >= 0.6 is 0 Å². The molecule has 0 fully saturated rings. The van der Waals surface area contributed by atoms with E-state index in [1.807, 2.05) is 60.7 Å². The molecule has 2 aromatic carbocycles. The van der Waals surface area contributed by atoms with Gasteiger partial charge in [0.25, 0.3) is 0 Å². The van der Waals surface area contributed by atoms with Gasteiger partial charge in [0, 0.05) is 6.54 Å². The third-order valence-corrected chi connectivity index (χ3v) is 3.40. The molecule has 0 radical (unpaired) electrons. The summed E-state index contributed by atoms with van der Waals surface area (Å²) in [5, 5.41) is 6.24. The van der Waals surface area contributed by atoms with Gasteiger partial charge in [0.2, 0.25) is 5.91 Å². The van der Waals surface area contributed by atoms with Gasteiger partial charge in [-0.2, -0.15) is 0 Å². The van der Waals surface area contributed by atoms with Crippen LogP contribution in [0.4, 0.5) is 0 Å². The molecule has 2 N–H and O–H groups in total. The van der Waals surface area contributed by atoms with E-state index < -0.39 is 0 Å². The maximum Gasteiger partial charge on any atom is 0.234 e. The van der Waals surface area contributed by atoms with E-state index in [1.165, 1.54) is 5.56 Å². The summed E-state index contributed by atoms with van der Waals surface area (Å²) in [5.41, 5.74) is 2.33. The molecule has 0 heterocycles. The maximum absolute atomic E-state index is 12.0. The average Bonchev–Trinajstić information content (AvgIpc) is 2.54. The van der Waals surface area contributed by atoms with Crippen LogP contribution in [0.15, 0.2) is 60.7 Å². The fraction of sp³-hybridized carbons (Fsp3) is 0.278. The predicted octanol–water partition coefficient (Wildman–Crippen LogP) is 3.04. The Morgan fingerprint density at radius 3 is 2.24 bits per heavy atom. The Hall–Kier alpha value is -2.13. The van der Waals surface area contributed by atoms with Gasteiger partial charge in [0.1, 0.15) is 0 Å². The topological polar surface area (TPSA) is 41.1 Å². The van der Waals surface area contributed by atoms with E-state index in [1.54, 1.807) is 0 Å². The SMILES string of the molecule is CCC(NC(=O)CNCc1ccccc1)c1ccccc1. The number of rotatable bonds is 7. The number of benzene rings is 2. The van der Waals surface area contributed by atoms with Crippen LogP contribution < -0.4 is 10.6 Å². The maximum atomic E-state index is 12.0. The molecule has 0 saturated heterocycles. The Balaban J connectivity index is 1.78. The van der Waals surface area contributed by atoms with Gasteiger partial charge in [0.15, 0.2) is 0 Å². The van der Waals surface area contributed by atoms with Crippen molar-refractivity contribution in [2.24, 2.45) is 0 Å². The van der Waals surface area contributed by atoms with Crippen molar-refractivity contribution in [1.29, 1.82) is 0 Å². The van der Waals surface area contributed by atoms with Crippen molar-refractivity contribution < 1.29 is 4.79 Å². The number of carbonyl (C=O) groups excluding carboxylic acids is 1. The van der Waals surface area contributed by atoms with E-state index in [4.69, 9.17) is 0 Å². The molecular formula is C18H22N2O. The first-order valence-electron chi connectivity index (χ1n) is 7.38. The monoisotopic (exact) mass is 282 g/mol. The lowest BCUT2D eigenvalue weighted by molar-refractivity contribution is -0.121. The van der Waals surface area contributed by atoms with E-state index >= 15 is 0 Å². The summed E-state index contributed by atoms with van der Waals surface area (Å²) in [6.45, 7) is 3.12. The summed E-state index contributed by atoms with van der Waals surface area (Å²) in [7, 11) is 0. The van der Waals surface area contributed by atoms with Crippen LogP contribution in [0.3, 0.4) is 0 Å². The lowest BCUT2D eigenvalue weighted by Crippen LogP contribution is -2.35. The van der Waals surface area contributed by atoms with Crippen LogP contribution in [0, 0.1) is 0 Å². The quantitative estimate of drug-likeness (QED) is 0.819. The van der Waals surface area contributed by atoms with Crippen molar-refractivity contribution in [3.05, 3.63) is 71.8 Å². The summed E-state index contributed by atoms with van der Waals surface area (Å²) in [4.78, 5) is 12.0. The molecule has 3 nitrogen and oxygen atoms in total. The summed E-state index contributed by atoms with van der Waals surface area (Å²) in [5.74, 6) is 0.0293. The molecule has 0 aliphatic rings. The lowest BCUT2D eigenvalue weighted by Gasteiger charge is -2.17. The standard InChI is InChI=1S/C18H22N2O/c1-2-17(16-11-7-4-8-12-16)20-18(21)14-19-13-15-9-5-3-6-10-15/h3-12,17,19H,2,13-14H2,1H3,(H,20,21). The van der Waals surface area contributed by atoms with Crippen molar-refractivity contribution in [3.63, 3.8) is 0 Å². The summed E-state index contributed by atoms with van der Waals surface area (Å²) in [6.07, 6.45) is 0.883. The van der Waals surface area contributed by atoms with Gasteiger partial charge in [-0.05, 0) is 17.5 Å². The van der Waals surface area contributed by atoms with Crippen LogP contribution in [-0.4, -0.2) is 12.5 Å². The van der Waals surface area contributed by atoms with Crippen molar-refractivity contribution >= 4 is 5.91 Å². The molecule has 0 aliphatic carbocycles. The fourth-order valence-corrected chi connectivity index (χ4v) is 2.27. The average molecular weight is 282 g/mol. The molecule has 0 spiro atoms. The zero-order valence-corrected chi connectivity index (χ0v) is 12.4. The van der Waals surface area contributed by atoms with Crippen molar-refractivity contribution in [2.45, 2.75) is 25.9 Å². The van der Waals surface area contributed by atoms with E-state index in [0.29, 0.717) is 13.1 Å². The molecule has 0 aliphatic heterocycles. The van der Waals surface area contributed by atoms with Crippen molar-refractivity contribution in [2.75, 3.05) is 6.54 Å². The van der Waals surface area contributed by atoms with Gasteiger partial charge in [-0.15, -0.1) is 0 Å². The Morgan fingerprint density at radius 2 is 1.62 bits per heavy atom. The number of amides is 1. The van der Waals surface area contributed by atoms with Crippen molar-refractivity contribution in [1.82, 2.24) is 10.6 Å². The predicted molar refractivity (Wildman–Crippen MR) is 85.8 cm³/mol. The molecule has 1 atom stereocenters. The van der Waals surface area contributed by atoms with E-state index in [2.05, 4.69) is 17.6 Å². The molecule has 1 unspecified atom stereocenters. The molecule has 21 heavy (non-hydrogen) atoms. The third kappa shape index (κ3) is 5.04. The first kappa shape index (κ1) is 15.3. The van der Waals surface area contributed by atoms with Crippen LogP contribution in [0.2, 0.25) is 0 Å². The summed E-state index contributed by atoms with van der Waals surface area (Å²) >= 11 is 0. The molecule has 110 valence electrons. The molecular weight excluding hydrogens is 260 g/mol. The molecule has 0 saturated carbocycles. The minimum atomic E-state index is 0.0293. The largest absolute Gasteiger partial charge is 0.348 e. The second kappa shape index (κ2) is 8.22. The van der Waals surface area contributed by atoms with Gasteiger partial charge in [-0.3, -0.25) is 4.79 Å². The van der Waals surface area contributed by atoms with E-state index in [-0.39, 0.29) is 11.9 Å². The van der Waals surface area contributed by atoms with Gasteiger partial charge < -0.3 is 10.6 Å². The fourth-order valence-electron chi connectivity index (χ4n) is 2.27. The zero-order valence-electron chi connectivity index (χ0n) is 12.4. The summed E-state index contributed by atoms with van der Waals surface area (Å²) < 4.78 is 0. The van der Waals surface area contributed by atoms with Crippen LogP contribution in [0.5, 0.6) is 0 Å². The van der Waals surface area contributed by atoms with Crippen LogP contribution in [0.25, 0.3) is 0 Å². The smallest absolute Gasteiger partial charge is 0.234 e. The molecule has 2 rings (SSSR count). The molecule has 3 heteroatoms. The minimum Gasteiger partial charge on any atom is -0.348 e. The minimum absolute atomic E-state index is 0.0293. The Bertz CT molecular complexity index is 540. The van der Waals surface area contributed by atoms with E-state index in [9.17, 15) is 4.79 Å². The summed E-state index contributed by atoms with van der Waals surface area (Å²) in [6, 6.07) is 20.2. The van der Waals surface area contributed by atoms with Gasteiger partial charge in [0.05, 0.1) is 12.6 Å². The number of nitrogens with one attached hydrogen (secondary N) is 2. The first-order valence-corrected chi connectivity index (χ1v) is 7.38. The molecule has 0 bridgehead atoms. The van der Waals surface area contributed by atoms with Crippen LogP contribution in [-0.2, 0) is 11.3 Å².